The molecule has 4 N–H and O–H groups in total. The number of aromatic nitrogens is 4. The van der Waals surface area contributed by atoms with Gasteiger partial charge in [0.2, 0.25) is 5.95 Å². The van der Waals surface area contributed by atoms with Crippen LogP contribution in [0, 0.1) is 5.92 Å². The van der Waals surface area contributed by atoms with Crippen molar-refractivity contribution in [3.05, 3.63) is 54.0 Å². The third kappa shape index (κ3) is 4.92. The number of nitrogens with one attached hydrogen (secondary N) is 2. The standard InChI is InChI=1S/C26H32N8/c1-16(2)20-15-30-24-23(20)33-26(32-19-9-7-18(27)8-10-19)34-25(24)31-14-17-6-11-22(29-13-17)21-5-3-4-12-28-21/h3-6,11-13,15-16,18-20H,7-10,14,27H2,1-2H3,(H2,31,32,33,34). The van der Waals surface area contributed by atoms with E-state index in [1.165, 1.54) is 0 Å². The third-order valence-electron chi connectivity index (χ3n) is 6.63. The summed E-state index contributed by atoms with van der Waals surface area (Å²) in [5, 5.41) is 7.05. The van der Waals surface area contributed by atoms with Crippen LogP contribution in [0.3, 0.4) is 0 Å². The van der Waals surface area contributed by atoms with Gasteiger partial charge in [-0.25, -0.2) is 4.98 Å². The van der Waals surface area contributed by atoms with E-state index in [1.54, 1.807) is 6.20 Å². The predicted molar refractivity (Wildman–Crippen MR) is 136 cm³/mol. The van der Waals surface area contributed by atoms with Gasteiger partial charge in [-0.05, 0) is 55.4 Å². The molecule has 0 saturated heterocycles. The minimum Gasteiger partial charge on any atom is -0.364 e. The van der Waals surface area contributed by atoms with Crippen LogP contribution < -0.4 is 16.4 Å². The molecule has 8 nitrogen and oxygen atoms in total. The van der Waals surface area contributed by atoms with Crippen molar-refractivity contribution >= 4 is 23.7 Å². The van der Waals surface area contributed by atoms with E-state index in [4.69, 9.17) is 15.7 Å². The lowest BCUT2D eigenvalue weighted by atomic mass is 9.92. The monoisotopic (exact) mass is 456 g/mol. The van der Waals surface area contributed by atoms with Crippen molar-refractivity contribution in [3.63, 3.8) is 0 Å². The first-order valence-electron chi connectivity index (χ1n) is 12.2. The molecule has 1 fully saturated rings. The number of anilines is 2. The van der Waals surface area contributed by atoms with Gasteiger partial charge in [0.25, 0.3) is 0 Å². The molecule has 3 aromatic rings. The SMILES string of the molecule is CC(C)C1C=Nc2c(NCc3ccc(-c4ccccn4)nc3)nc(NC3CCC(N)CC3)nc21. The van der Waals surface area contributed by atoms with Crippen LogP contribution >= 0.6 is 0 Å². The first kappa shape index (κ1) is 22.4. The van der Waals surface area contributed by atoms with Gasteiger partial charge in [0, 0.05) is 43.2 Å². The summed E-state index contributed by atoms with van der Waals surface area (Å²) >= 11 is 0. The van der Waals surface area contributed by atoms with Gasteiger partial charge in [-0.2, -0.15) is 4.98 Å². The minimum atomic E-state index is 0.193. The van der Waals surface area contributed by atoms with Gasteiger partial charge < -0.3 is 16.4 Å². The van der Waals surface area contributed by atoms with Gasteiger partial charge >= 0.3 is 0 Å². The summed E-state index contributed by atoms with van der Waals surface area (Å²) in [6.07, 6.45) is 9.82. The van der Waals surface area contributed by atoms with E-state index in [9.17, 15) is 0 Å². The second-order valence-corrected chi connectivity index (χ2v) is 9.55. The summed E-state index contributed by atoms with van der Waals surface area (Å²) in [6.45, 7) is 5.00. The molecular weight excluding hydrogens is 424 g/mol. The van der Waals surface area contributed by atoms with Crippen LogP contribution in [0.4, 0.5) is 17.5 Å². The number of aliphatic imine (C=N–C) groups is 1. The second-order valence-electron chi connectivity index (χ2n) is 9.55. The number of hydrogen-bond acceptors (Lipinski definition) is 8. The van der Waals surface area contributed by atoms with Gasteiger partial charge in [-0.3, -0.25) is 15.0 Å². The van der Waals surface area contributed by atoms with Crippen molar-refractivity contribution in [1.82, 2.24) is 19.9 Å². The molecule has 1 unspecified atom stereocenters. The van der Waals surface area contributed by atoms with E-state index in [-0.39, 0.29) is 5.92 Å². The number of rotatable bonds is 7. The fourth-order valence-electron chi connectivity index (χ4n) is 4.56. The van der Waals surface area contributed by atoms with E-state index < -0.39 is 0 Å². The number of hydrogen-bond donors (Lipinski definition) is 3. The highest BCUT2D eigenvalue weighted by atomic mass is 15.2. The molecular formula is C26H32N8. The van der Waals surface area contributed by atoms with Gasteiger partial charge in [0.15, 0.2) is 5.82 Å². The molecule has 2 aliphatic rings. The molecule has 4 heterocycles. The maximum atomic E-state index is 6.08. The highest BCUT2D eigenvalue weighted by molar-refractivity contribution is 5.85. The van der Waals surface area contributed by atoms with Gasteiger partial charge in [0.1, 0.15) is 5.69 Å². The molecule has 1 saturated carbocycles. The highest BCUT2D eigenvalue weighted by Crippen LogP contribution is 2.40. The summed E-state index contributed by atoms with van der Waals surface area (Å²) in [4.78, 5) is 23.4. The van der Waals surface area contributed by atoms with Crippen molar-refractivity contribution in [2.45, 2.75) is 64.1 Å². The summed E-state index contributed by atoms with van der Waals surface area (Å²) < 4.78 is 0. The van der Waals surface area contributed by atoms with Crippen molar-refractivity contribution in [1.29, 1.82) is 0 Å². The number of nitrogens with two attached hydrogens (primary N) is 1. The molecule has 3 aromatic heterocycles. The van der Waals surface area contributed by atoms with E-state index in [0.717, 1.165) is 59.8 Å². The molecule has 8 heteroatoms. The Morgan fingerprint density at radius 1 is 1.00 bits per heavy atom. The van der Waals surface area contributed by atoms with Crippen LogP contribution in [-0.2, 0) is 6.54 Å². The summed E-state index contributed by atoms with van der Waals surface area (Å²) in [7, 11) is 0. The zero-order valence-corrected chi connectivity index (χ0v) is 19.8. The van der Waals surface area contributed by atoms with Crippen molar-refractivity contribution in [2.75, 3.05) is 10.6 Å². The Balaban J connectivity index is 1.34. The lowest BCUT2D eigenvalue weighted by Gasteiger charge is -2.27. The van der Waals surface area contributed by atoms with Gasteiger partial charge in [-0.1, -0.05) is 26.0 Å². The first-order valence-corrected chi connectivity index (χ1v) is 12.2. The molecule has 34 heavy (non-hydrogen) atoms. The summed E-state index contributed by atoms with van der Waals surface area (Å²) in [5.74, 6) is 2.03. The summed E-state index contributed by atoms with van der Waals surface area (Å²) in [6, 6.07) is 10.6. The quantitative estimate of drug-likeness (QED) is 0.473. The molecule has 0 spiro atoms. The first-order chi connectivity index (χ1) is 16.6. The Kier molecular flexibility index (Phi) is 6.49. The van der Waals surface area contributed by atoms with Crippen molar-refractivity contribution in [2.24, 2.45) is 16.6 Å². The van der Waals surface area contributed by atoms with E-state index in [0.29, 0.717) is 30.5 Å². The highest BCUT2D eigenvalue weighted by Gasteiger charge is 2.28. The fourth-order valence-corrected chi connectivity index (χ4v) is 4.56. The lowest BCUT2D eigenvalue weighted by molar-refractivity contribution is 0.409. The van der Waals surface area contributed by atoms with Crippen LogP contribution in [0.5, 0.6) is 0 Å². The van der Waals surface area contributed by atoms with E-state index in [2.05, 4.69) is 45.5 Å². The molecule has 176 valence electrons. The zero-order valence-electron chi connectivity index (χ0n) is 19.8. The van der Waals surface area contributed by atoms with Crippen molar-refractivity contribution in [3.8, 4) is 11.4 Å². The maximum Gasteiger partial charge on any atom is 0.225 e. The van der Waals surface area contributed by atoms with Crippen molar-refractivity contribution < 1.29 is 0 Å². The molecule has 1 atom stereocenters. The molecule has 0 amide bonds. The van der Waals surface area contributed by atoms with E-state index in [1.807, 2.05) is 36.7 Å². The molecule has 0 aromatic carbocycles. The average molecular weight is 457 g/mol. The Labute approximate surface area is 200 Å². The molecule has 1 aliphatic carbocycles. The van der Waals surface area contributed by atoms with Crippen LogP contribution in [0.1, 0.15) is 56.7 Å². The molecule has 5 rings (SSSR count). The Morgan fingerprint density at radius 2 is 1.82 bits per heavy atom. The Morgan fingerprint density at radius 3 is 2.53 bits per heavy atom. The largest absolute Gasteiger partial charge is 0.364 e. The number of nitrogens with zero attached hydrogens (tertiary/aromatic N) is 5. The third-order valence-corrected chi connectivity index (χ3v) is 6.63. The maximum absolute atomic E-state index is 6.08. The number of pyridine rings is 2. The average Bonchev–Trinajstić information content (AvgIpc) is 3.29. The summed E-state index contributed by atoms with van der Waals surface area (Å²) in [5.41, 5.74) is 10.7. The fraction of sp³-hybridized carbons (Fsp3) is 0.423. The Hall–Kier alpha value is -3.39. The van der Waals surface area contributed by atoms with Gasteiger partial charge in [0.05, 0.1) is 17.1 Å². The van der Waals surface area contributed by atoms with Gasteiger partial charge in [-0.15, -0.1) is 0 Å². The second kappa shape index (κ2) is 9.85. The topological polar surface area (TPSA) is 114 Å². The molecule has 1 aliphatic heterocycles. The number of fused-ring (bicyclic) bond motifs is 1. The lowest BCUT2D eigenvalue weighted by Crippen LogP contribution is -2.33. The van der Waals surface area contributed by atoms with E-state index >= 15 is 0 Å². The Bertz CT molecular complexity index is 1140. The molecule has 0 radical (unpaired) electrons. The minimum absolute atomic E-state index is 0.193. The van der Waals surface area contributed by atoms with Crippen LogP contribution in [-0.4, -0.2) is 38.2 Å². The predicted octanol–water partition coefficient (Wildman–Crippen LogP) is 4.68. The normalized spacial score (nSPS) is 21.5. The van der Waals surface area contributed by atoms with Crippen LogP contribution in [0.2, 0.25) is 0 Å². The smallest absolute Gasteiger partial charge is 0.225 e. The zero-order chi connectivity index (χ0) is 23.5. The van der Waals surface area contributed by atoms with Crippen LogP contribution in [0.25, 0.3) is 11.4 Å². The molecule has 0 bridgehead atoms. The van der Waals surface area contributed by atoms with Crippen LogP contribution in [0.15, 0.2) is 47.7 Å².